The smallest absolute Gasteiger partial charge is 0.340 e. The van der Waals surface area contributed by atoms with Gasteiger partial charge in [-0.2, -0.15) is 0 Å². The van der Waals surface area contributed by atoms with E-state index in [0.717, 1.165) is 5.56 Å². The second-order valence-corrected chi connectivity index (χ2v) is 4.35. The fraction of sp³-hybridized carbons (Fsp3) is 0.133. The van der Waals surface area contributed by atoms with Crippen molar-refractivity contribution < 1.29 is 13.9 Å². The first kappa shape index (κ1) is 13.9. The van der Waals surface area contributed by atoms with Crippen LogP contribution >= 0.6 is 0 Å². The van der Waals surface area contributed by atoms with Gasteiger partial charge in [-0.15, -0.1) is 0 Å². The predicted octanol–water partition coefficient (Wildman–Crippen LogP) is 3.25. The maximum atomic E-state index is 13.8. The maximum Gasteiger partial charge on any atom is 0.340 e. The summed E-state index contributed by atoms with van der Waals surface area (Å²) in [5, 5.41) is 2.92. The number of esters is 1. The molecule has 0 spiro atoms. The molecule has 0 radical (unpaired) electrons. The molecule has 0 aliphatic rings. The highest BCUT2D eigenvalue weighted by atomic mass is 19.1. The predicted molar refractivity (Wildman–Crippen MR) is 76.6 cm³/mol. The molecule has 5 heteroatoms. The van der Waals surface area contributed by atoms with E-state index < -0.39 is 11.8 Å². The molecule has 2 aromatic carbocycles. The van der Waals surface area contributed by atoms with Gasteiger partial charge in [-0.25, -0.2) is 9.18 Å². The molecule has 0 unspecified atom stereocenters. The Labute approximate surface area is 116 Å². The summed E-state index contributed by atoms with van der Waals surface area (Å²) in [4.78, 5) is 11.7. The molecule has 0 fully saturated rings. The van der Waals surface area contributed by atoms with Crippen molar-refractivity contribution in [2.24, 2.45) is 0 Å². The second-order valence-electron chi connectivity index (χ2n) is 4.35. The molecule has 0 heterocycles. The number of halogens is 1. The zero-order valence-corrected chi connectivity index (χ0v) is 11.2. The number of methoxy groups -OCH3 is 1. The zero-order chi connectivity index (χ0) is 14.7. The molecule has 0 aromatic heterocycles. The first-order chi connectivity index (χ1) is 9.52. The van der Waals surface area contributed by atoms with E-state index in [1.807, 2.05) is 0 Å². The van der Waals surface area contributed by atoms with Crippen LogP contribution in [0.5, 0.6) is 0 Å². The highest BCUT2D eigenvalue weighted by molar-refractivity contribution is 5.97. The van der Waals surface area contributed by atoms with E-state index in [9.17, 15) is 9.18 Å². The number of anilines is 3. The minimum absolute atomic E-state index is 0.259. The van der Waals surface area contributed by atoms with Gasteiger partial charge in [-0.05, 0) is 36.8 Å². The number of carbonyl (C=O) groups excluding carboxylic acids is 1. The number of hydrogen-bond acceptors (Lipinski definition) is 4. The molecular formula is C15H15FN2O2. The number of benzene rings is 2. The van der Waals surface area contributed by atoms with Gasteiger partial charge in [-0.1, -0.05) is 12.1 Å². The van der Waals surface area contributed by atoms with E-state index >= 15 is 0 Å². The Morgan fingerprint density at radius 3 is 2.70 bits per heavy atom. The Hall–Kier alpha value is -2.56. The third-order valence-corrected chi connectivity index (χ3v) is 2.93. The van der Waals surface area contributed by atoms with Gasteiger partial charge in [0.15, 0.2) is 0 Å². The van der Waals surface area contributed by atoms with Gasteiger partial charge >= 0.3 is 5.97 Å². The summed E-state index contributed by atoms with van der Waals surface area (Å²) in [6.45, 7) is 1.78. The van der Waals surface area contributed by atoms with E-state index in [1.54, 1.807) is 31.2 Å². The minimum atomic E-state index is -0.534. The van der Waals surface area contributed by atoms with Crippen LogP contribution in [0.1, 0.15) is 15.9 Å². The Balaban J connectivity index is 2.46. The van der Waals surface area contributed by atoms with Gasteiger partial charge in [0, 0.05) is 5.69 Å². The van der Waals surface area contributed by atoms with Crippen LogP contribution in [0.25, 0.3) is 0 Å². The fourth-order valence-corrected chi connectivity index (χ4v) is 1.87. The first-order valence-corrected chi connectivity index (χ1v) is 6.03. The van der Waals surface area contributed by atoms with Gasteiger partial charge in [0.1, 0.15) is 5.82 Å². The number of carbonyl (C=O) groups is 1. The van der Waals surface area contributed by atoms with Gasteiger partial charge < -0.3 is 15.8 Å². The molecule has 0 atom stereocenters. The molecular weight excluding hydrogens is 259 g/mol. The minimum Gasteiger partial charge on any atom is -0.465 e. The van der Waals surface area contributed by atoms with Crippen molar-refractivity contribution in [3.63, 3.8) is 0 Å². The Kier molecular flexibility index (Phi) is 3.89. The third kappa shape index (κ3) is 2.71. The summed E-state index contributed by atoms with van der Waals surface area (Å²) >= 11 is 0. The fourth-order valence-electron chi connectivity index (χ4n) is 1.87. The highest BCUT2D eigenvalue weighted by Gasteiger charge is 2.14. The Morgan fingerprint density at radius 1 is 1.30 bits per heavy atom. The normalized spacial score (nSPS) is 10.2. The topological polar surface area (TPSA) is 64.3 Å². The van der Waals surface area contributed by atoms with Crippen LogP contribution in [0.2, 0.25) is 0 Å². The van der Waals surface area contributed by atoms with Gasteiger partial charge in [0.25, 0.3) is 0 Å². The van der Waals surface area contributed by atoms with Crippen molar-refractivity contribution in [1.82, 2.24) is 0 Å². The highest BCUT2D eigenvalue weighted by Crippen LogP contribution is 2.27. The van der Waals surface area contributed by atoms with Crippen molar-refractivity contribution in [2.45, 2.75) is 6.92 Å². The SMILES string of the molecule is COC(=O)c1cc(N)ccc1Nc1c(C)cccc1F. The molecule has 0 bridgehead atoms. The average molecular weight is 274 g/mol. The Bertz CT molecular complexity index is 636. The van der Waals surface area contributed by atoms with E-state index in [4.69, 9.17) is 10.5 Å². The maximum absolute atomic E-state index is 13.8. The number of hydrogen-bond donors (Lipinski definition) is 2. The standard InChI is InChI=1S/C15H15FN2O2/c1-9-4-3-5-12(16)14(9)18-13-7-6-10(17)8-11(13)15(19)20-2/h3-8,18H,17H2,1-2H3. The molecule has 0 saturated carbocycles. The van der Waals surface area contributed by atoms with Crippen LogP contribution in [-0.4, -0.2) is 13.1 Å². The molecule has 0 aliphatic carbocycles. The molecule has 3 N–H and O–H groups in total. The molecule has 0 amide bonds. The summed E-state index contributed by atoms with van der Waals surface area (Å²) in [5.74, 6) is -0.925. The molecule has 2 aromatic rings. The molecule has 0 saturated heterocycles. The molecule has 0 aliphatic heterocycles. The van der Waals surface area contributed by atoms with Crippen LogP contribution in [0.4, 0.5) is 21.5 Å². The summed E-state index contributed by atoms with van der Waals surface area (Å²) < 4.78 is 18.5. The quantitative estimate of drug-likeness (QED) is 0.666. The van der Waals surface area contributed by atoms with Crippen molar-refractivity contribution >= 4 is 23.0 Å². The van der Waals surface area contributed by atoms with Gasteiger partial charge in [0.05, 0.1) is 24.0 Å². The number of ether oxygens (including phenoxy) is 1. The van der Waals surface area contributed by atoms with Crippen molar-refractivity contribution in [2.75, 3.05) is 18.2 Å². The lowest BCUT2D eigenvalue weighted by Gasteiger charge is -2.14. The number of rotatable bonds is 3. The number of para-hydroxylation sites is 1. The molecule has 4 nitrogen and oxygen atoms in total. The van der Waals surface area contributed by atoms with E-state index in [0.29, 0.717) is 17.1 Å². The molecule has 20 heavy (non-hydrogen) atoms. The van der Waals surface area contributed by atoms with E-state index in [2.05, 4.69) is 5.32 Å². The average Bonchev–Trinajstić information content (AvgIpc) is 2.43. The van der Waals surface area contributed by atoms with Crippen LogP contribution in [0.3, 0.4) is 0 Å². The van der Waals surface area contributed by atoms with Gasteiger partial charge in [0.2, 0.25) is 0 Å². The summed E-state index contributed by atoms with van der Waals surface area (Å²) in [6, 6.07) is 9.49. The Morgan fingerprint density at radius 2 is 2.05 bits per heavy atom. The number of nitrogen functional groups attached to an aromatic ring is 1. The summed E-state index contributed by atoms with van der Waals surface area (Å²) in [7, 11) is 1.28. The van der Waals surface area contributed by atoms with Crippen LogP contribution in [0.15, 0.2) is 36.4 Å². The van der Waals surface area contributed by atoms with Crippen molar-refractivity contribution in [3.05, 3.63) is 53.3 Å². The van der Waals surface area contributed by atoms with Crippen molar-refractivity contribution in [3.8, 4) is 0 Å². The van der Waals surface area contributed by atoms with Crippen LogP contribution in [0, 0.1) is 12.7 Å². The summed E-state index contributed by atoms with van der Waals surface area (Å²) in [5.41, 5.74) is 7.85. The largest absolute Gasteiger partial charge is 0.465 e. The van der Waals surface area contributed by atoms with Crippen LogP contribution < -0.4 is 11.1 Å². The van der Waals surface area contributed by atoms with E-state index in [1.165, 1.54) is 19.2 Å². The third-order valence-electron chi connectivity index (χ3n) is 2.93. The zero-order valence-electron chi connectivity index (χ0n) is 11.2. The molecule has 104 valence electrons. The summed E-state index contributed by atoms with van der Waals surface area (Å²) in [6.07, 6.45) is 0. The lowest BCUT2D eigenvalue weighted by atomic mass is 10.1. The number of nitrogens with one attached hydrogen (secondary N) is 1. The number of aryl methyl sites for hydroxylation is 1. The van der Waals surface area contributed by atoms with Crippen LogP contribution in [-0.2, 0) is 4.74 Å². The lowest BCUT2D eigenvalue weighted by Crippen LogP contribution is -2.07. The van der Waals surface area contributed by atoms with Crippen molar-refractivity contribution in [1.29, 1.82) is 0 Å². The second kappa shape index (κ2) is 5.61. The van der Waals surface area contributed by atoms with E-state index in [-0.39, 0.29) is 5.56 Å². The number of nitrogens with two attached hydrogens (primary N) is 1. The monoisotopic (exact) mass is 274 g/mol. The molecule has 2 rings (SSSR count). The van der Waals surface area contributed by atoms with Gasteiger partial charge in [-0.3, -0.25) is 0 Å². The lowest BCUT2D eigenvalue weighted by molar-refractivity contribution is 0.0602. The first-order valence-electron chi connectivity index (χ1n) is 6.03.